The predicted octanol–water partition coefficient (Wildman–Crippen LogP) is -2.32. The molecule has 0 radical (unpaired) electrons. The summed E-state index contributed by atoms with van der Waals surface area (Å²) >= 11 is 0. The topological polar surface area (TPSA) is 43.4 Å². The van der Waals surface area contributed by atoms with Crippen molar-refractivity contribution in [1.82, 2.24) is 0 Å². The second-order valence-electron chi connectivity index (χ2n) is 0.573. The van der Waals surface area contributed by atoms with Gasteiger partial charge in [-0.15, -0.1) is 4.52 Å². The number of carbonyl (C=O) groups is 1. The second kappa shape index (κ2) is 6.73. The van der Waals surface area contributed by atoms with Crippen molar-refractivity contribution in [3.63, 3.8) is 0 Å². The van der Waals surface area contributed by atoms with Crippen LogP contribution in [0.4, 0.5) is 0 Å². The SMILES string of the molecule is CO[P+](=O)C=O.[H-].[Na+]. The van der Waals surface area contributed by atoms with Crippen LogP contribution in [0.5, 0.6) is 0 Å². The van der Waals surface area contributed by atoms with E-state index >= 15 is 0 Å². The zero-order chi connectivity index (χ0) is 4.99. The van der Waals surface area contributed by atoms with E-state index in [0.29, 0.717) is 0 Å². The van der Waals surface area contributed by atoms with Crippen molar-refractivity contribution < 1.29 is 44.9 Å². The third kappa shape index (κ3) is 6.73. The van der Waals surface area contributed by atoms with Crippen molar-refractivity contribution >= 4 is 14.1 Å². The van der Waals surface area contributed by atoms with Crippen LogP contribution in [0.15, 0.2) is 0 Å². The minimum absolute atomic E-state index is 0. The molecule has 0 saturated carbocycles. The van der Waals surface area contributed by atoms with Gasteiger partial charge in [0.1, 0.15) is 0 Å². The molecule has 0 aromatic heterocycles. The summed E-state index contributed by atoms with van der Waals surface area (Å²) in [5.74, 6) is 0. The molecule has 0 saturated heterocycles. The van der Waals surface area contributed by atoms with E-state index in [9.17, 15) is 9.36 Å². The normalized spacial score (nSPS) is 9.00. The summed E-state index contributed by atoms with van der Waals surface area (Å²) < 4.78 is 13.8. The first-order valence-corrected chi connectivity index (χ1v) is 2.51. The smallest absolute Gasteiger partial charge is 1.00 e. The Balaban J connectivity index is -0.000000125. The maximum absolute atomic E-state index is 9.74. The monoisotopic (exact) mass is 131 g/mol. The standard InChI is InChI=1S/C2H4O3P.Na.H/c1-5-6(4)2-3;;/h2H,1H3;;/q2*+1;-1. The van der Waals surface area contributed by atoms with Crippen molar-refractivity contribution in [2.45, 2.75) is 0 Å². The average molecular weight is 131 g/mol. The van der Waals surface area contributed by atoms with Crippen LogP contribution in [0, 0.1) is 0 Å². The van der Waals surface area contributed by atoms with Crippen LogP contribution in [0.25, 0.3) is 0 Å². The quantitative estimate of drug-likeness (QED) is 0.240. The molecule has 3 nitrogen and oxygen atoms in total. The van der Waals surface area contributed by atoms with Crippen LogP contribution < -0.4 is 29.6 Å². The maximum Gasteiger partial charge on any atom is 1.00 e. The molecule has 0 aliphatic rings. The Labute approximate surface area is 66.1 Å². The fourth-order valence-electron chi connectivity index (χ4n) is 0.0430. The first kappa shape index (κ1) is 10.7. The van der Waals surface area contributed by atoms with E-state index in [1.807, 2.05) is 0 Å². The molecule has 36 valence electrons. The Morgan fingerprint density at radius 2 is 2.29 bits per heavy atom. The Morgan fingerprint density at radius 1 is 1.86 bits per heavy atom. The van der Waals surface area contributed by atoms with Gasteiger partial charge in [0, 0.05) is 0 Å². The van der Waals surface area contributed by atoms with Crippen LogP contribution in [0.3, 0.4) is 0 Å². The van der Waals surface area contributed by atoms with Gasteiger partial charge >= 0.3 is 43.6 Å². The van der Waals surface area contributed by atoms with E-state index < -0.39 is 8.03 Å². The van der Waals surface area contributed by atoms with Crippen molar-refractivity contribution in [2.75, 3.05) is 7.11 Å². The van der Waals surface area contributed by atoms with E-state index in [1.165, 1.54) is 7.11 Å². The van der Waals surface area contributed by atoms with Gasteiger partial charge in [0.2, 0.25) is 0 Å². The minimum Gasteiger partial charge on any atom is -1.00 e. The van der Waals surface area contributed by atoms with E-state index in [-0.39, 0.29) is 37.0 Å². The van der Waals surface area contributed by atoms with Gasteiger partial charge in [-0.3, -0.25) is 0 Å². The molecule has 5 heteroatoms. The van der Waals surface area contributed by atoms with Crippen molar-refractivity contribution in [3.8, 4) is 0 Å². The van der Waals surface area contributed by atoms with E-state index in [2.05, 4.69) is 4.52 Å². The van der Waals surface area contributed by atoms with Gasteiger partial charge in [0.15, 0.2) is 0 Å². The van der Waals surface area contributed by atoms with E-state index in [1.54, 1.807) is 0 Å². The van der Waals surface area contributed by atoms with Crippen molar-refractivity contribution in [1.29, 1.82) is 0 Å². The molecule has 0 aromatic carbocycles. The van der Waals surface area contributed by atoms with Gasteiger partial charge in [-0.2, -0.15) is 0 Å². The molecule has 1 atom stereocenters. The molecule has 0 spiro atoms. The molecule has 0 aromatic rings. The maximum atomic E-state index is 9.74. The van der Waals surface area contributed by atoms with E-state index in [4.69, 9.17) is 0 Å². The molecule has 0 amide bonds. The summed E-state index contributed by atoms with van der Waals surface area (Å²) in [6.45, 7) is 0. The van der Waals surface area contributed by atoms with Crippen LogP contribution in [0.2, 0.25) is 0 Å². The Kier molecular flexibility index (Phi) is 10.3. The van der Waals surface area contributed by atoms with Gasteiger partial charge in [0.05, 0.1) is 7.11 Å². The number of hydrogen-bond acceptors (Lipinski definition) is 3. The molecule has 1 unspecified atom stereocenters. The molecular formula is C2H5NaO3P+. The van der Waals surface area contributed by atoms with Crippen molar-refractivity contribution in [3.05, 3.63) is 0 Å². The summed E-state index contributed by atoms with van der Waals surface area (Å²) in [7, 11) is -0.791. The van der Waals surface area contributed by atoms with Gasteiger partial charge in [-0.25, -0.2) is 4.79 Å². The summed E-state index contributed by atoms with van der Waals surface area (Å²) in [6, 6.07) is 0.259. The molecule has 0 aliphatic carbocycles. The van der Waals surface area contributed by atoms with Gasteiger partial charge in [-0.05, 0) is 4.57 Å². The minimum atomic E-state index is -2.01. The van der Waals surface area contributed by atoms with Crippen molar-refractivity contribution in [2.24, 2.45) is 0 Å². The predicted molar refractivity (Wildman–Crippen MR) is 22.5 cm³/mol. The van der Waals surface area contributed by atoms with Crippen LogP contribution in [-0.4, -0.2) is 13.1 Å². The van der Waals surface area contributed by atoms with Crippen LogP contribution in [-0.2, 0) is 13.9 Å². The fraction of sp³-hybridized carbons (Fsp3) is 0.500. The van der Waals surface area contributed by atoms with Gasteiger partial charge < -0.3 is 1.43 Å². The zero-order valence-electron chi connectivity index (χ0n) is 5.25. The summed E-state index contributed by atoms with van der Waals surface area (Å²) in [6.07, 6.45) is 0. The molecular weight excluding hydrogens is 126 g/mol. The molecule has 7 heavy (non-hydrogen) atoms. The number of carbonyl (C=O) groups excluding carboxylic acids is 1. The third-order valence-corrected chi connectivity index (χ3v) is 0.798. The molecule has 0 aliphatic heterocycles. The second-order valence-corrected chi connectivity index (χ2v) is 1.72. The fourth-order valence-corrected chi connectivity index (χ4v) is 0.129. The summed E-state index contributed by atoms with van der Waals surface area (Å²) in [5, 5.41) is 0. The van der Waals surface area contributed by atoms with Crippen LogP contribution in [0.1, 0.15) is 1.43 Å². The molecule has 0 rings (SSSR count). The molecule has 0 heterocycles. The molecule has 0 fully saturated rings. The van der Waals surface area contributed by atoms with Gasteiger partial charge in [-0.1, -0.05) is 0 Å². The molecule has 0 N–H and O–H groups in total. The van der Waals surface area contributed by atoms with Crippen LogP contribution >= 0.6 is 8.03 Å². The van der Waals surface area contributed by atoms with Gasteiger partial charge in [0.25, 0.3) is 0 Å². The van der Waals surface area contributed by atoms with E-state index in [0.717, 1.165) is 0 Å². The number of rotatable bonds is 2. The number of hydrogen-bond donors (Lipinski definition) is 0. The Bertz CT molecular complexity index is 77.7. The Hall–Kier alpha value is 0.730. The zero-order valence-corrected chi connectivity index (χ0v) is 7.14. The summed E-state index contributed by atoms with van der Waals surface area (Å²) in [4.78, 5) is 9.33. The first-order valence-electron chi connectivity index (χ1n) is 1.27. The average Bonchev–Trinajstić information content (AvgIpc) is 1.65. The summed E-state index contributed by atoms with van der Waals surface area (Å²) in [5.41, 5.74) is 0. The first-order chi connectivity index (χ1) is 2.81. The third-order valence-electron chi connectivity index (χ3n) is 0.266. The Morgan fingerprint density at radius 3 is 2.29 bits per heavy atom. The largest absolute Gasteiger partial charge is 1.00 e. The molecule has 0 bridgehead atoms.